The highest BCUT2D eigenvalue weighted by Gasteiger charge is 2.23. The molecule has 3 rings (SSSR count). The molecule has 1 aliphatic heterocycles. The van der Waals surface area contributed by atoms with E-state index in [1.165, 1.54) is 24.2 Å². The van der Waals surface area contributed by atoms with Crippen molar-refractivity contribution >= 4 is 0 Å². The molecule has 0 amide bonds. The van der Waals surface area contributed by atoms with E-state index < -0.39 is 0 Å². The van der Waals surface area contributed by atoms with E-state index in [1.807, 2.05) is 6.92 Å². The summed E-state index contributed by atoms with van der Waals surface area (Å²) in [5, 5.41) is 4.06. The molecule has 23 heavy (non-hydrogen) atoms. The lowest BCUT2D eigenvalue weighted by molar-refractivity contribution is 0.169. The zero-order valence-corrected chi connectivity index (χ0v) is 14.6. The van der Waals surface area contributed by atoms with Gasteiger partial charge in [0.05, 0.1) is 5.69 Å². The van der Waals surface area contributed by atoms with Gasteiger partial charge in [0.15, 0.2) is 5.82 Å². The van der Waals surface area contributed by atoms with Crippen LogP contribution in [0.2, 0.25) is 0 Å². The molecular formula is C17H27N5O. The Bertz CT molecular complexity index is 637. The van der Waals surface area contributed by atoms with Gasteiger partial charge in [-0.05, 0) is 45.7 Å². The van der Waals surface area contributed by atoms with Crippen molar-refractivity contribution in [3.8, 4) is 0 Å². The molecule has 3 heterocycles. The number of nitrogens with zero attached hydrogens (tertiary/aromatic N) is 4. The third-order valence-corrected chi connectivity index (χ3v) is 4.65. The fraction of sp³-hybridized carbons (Fsp3) is 0.706. The van der Waals surface area contributed by atoms with E-state index in [0.29, 0.717) is 11.8 Å². The Balaban J connectivity index is 1.49. The number of rotatable bonds is 5. The minimum absolute atomic E-state index is 0.329. The number of likely N-dealkylation sites (tertiary alicyclic amines) is 1. The van der Waals surface area contributed by atoms with Gasteiger partial charge >= 0.3 is 0 Å². The highest BCUT2D eigenvalue weighted by Crippen LogP contribution is 2.23. The number of piperidine rings is 1. The molecule has 0 unspecified atom stereocenters. The summed E-state index contributed by atoms with van der Waals surface area (Å²) in [6.07, 6.45) is 3.28. The molecule has 1 saturated heterocycles. The highest BCUT2D eigenvalue weighted by atomic mass is 16.5. The summed E-state index contributed by atoms with van der Waals surface area (Å²) in [4.78, 5) is 14.9. The second-order valence-electron chi connectivity index (χ2n) is 7.02. The molecule has 0 radical (unpaired) electrons. The van der Waals surface area contributed by atoms with Crippen molar-refractivity contribution in [1.29, 1.82) is 0 Å². The van der Waals surface area contributed by atoms with Gasteiger partial charge in [-0.3, -0.25) is 4.90 Å². The van der Waals surface area contributed by atoms with Gasteiger partial charge in [-0.2, -0.15) is 4.98 Å². The maximum Gasteiger partial charge on any atom is 0.226 e. The first-order valence-corrected chi connectivity index (χ1v) is 8.58. The first-order chi connectivity index (χ1) is 11.0. The van der Waals surface area contributed by atoms with Crippen LogP contribution in [0.25, 0.3) is 0 Å². The first kappa shape index (κ1) is 16.2. The molecule has 0 bridgehead atoms. The number of aryl methyl sites for hydroxylation is 2. The molecule has 0 atom stereocenters. The average Bonchev–Trinajstić information content (AvgIpc) is 3.08. The minimum Gasteiger partial charge on any atom is -0.346 e. The number of H-pyrrole nitrogens is 1. The Kier molecular flexibility index (Phi) is 4.80. The van der Waals surface area contributed by atoms with Crippen LogP contribution in [0.1, 0.15) is 61.5 Å². The van der Waals surface area contributed by atoms with Crippen LogP contribution in [-0.2, 0) is 13.0 Å². The van der Waals surface area contributed by atoms with Crippen LogP contribution in [0.15, 0.2) is 4.52 Å². The second kappa shape index (κ2) is 6.83. The summed E-state index contributed by atoms with van der Waals surface area (Å²) >= 11 is 0. The Morgan fingerprint density at radius 2 is 1.96 bits per heavy atom. The normalized spacial score (nSPS) is 17.3. The van der Waals surface area contributed by atoms with E-state index in [4.69, 9.17) is 4.52 Å². The number of hydrogen-bond acceptors (Lipinski definition) is 5. The highest BCUT2D eigenvalue weighted by molar-refractivity contribution is 5.12. The van der Waals surface area contributed by atoms with Gasteiger partial charge in [-0.15, -0.1) is 0 Å². The predicted octanol–water partition coefficient (Wildman–Crippen LogP) is 2.99. The second-order valence-corrected chi connectivity index (χ2v) is 7.02. The maximum absolute atomic E-state index is 5.38. The molecule has 2 aromatic rings. The van der Waals surface area contributed by atoms with E-state index in [-0.39, 0.29) is 0 Å². The topological polar surface area (TPSA) is 70.8 Å². The van der Waals surface area contributed by atoms with Gasteiger partial charge in [0, 0.05) is 24.6 Å². The molecule has 1 fully saturated rings. The Labute approximate surface area is 137 Å². The van der Waals surface area contributed by atoms with Gasteiger partial charge in [0.1, 0.15) is 5.82 Å². The van der Waals surface area contributed by atoms with Crippen LogP contribution < -0.4 is 0 Å². The first-order valence-electron chi connectivity index (χ1n) is 8.58. The van der Waals surface area contributed by atoms with Gasteiger partial charge < -0.3 is 9.51 Å². The molecule has 6 nitrogen and oxygen atoms in total. The molecule has 0 aliphatic carbocycles. The number of imidazole rings is 1. The lowest BCUT2D eigenvalue weighted by Gasteiger charge is -2.31. The zero-order valence-electron chi connectivity index (χ0n) is 14.6. The molecule has 6 heteroatoms. The van der Waals surface area contributed by atoms with Crippen LogP contribution in [0.3, 0.4) is 0 Å². The fourth-order valence-corrected chi connectivity index (χ4v) is 3.20. The molecule has 0 spiro atoms. The molecule has 0 saturated carbocycles. The van der Waals surface area contributed by atoms with Crippen LogP contribution in [0.4, 0.5) is 0 Å². The van der Waals surface area contributed by atoms with Crippen molar-refractivity contribution in [2.24, 2.45) is 5.92 Å². The molecule has 126 valence electrons. The molecule has 2 aromatic heterocycles. The fourth-order valence-electron chi connectivity index (χ4n) is 3.20. The number of nitrogens with one attached hydrogen (secondary N) is 1. The van der Waals surface area contributed by atoms with E-state index in [2.05, 4.69) is 45.8 Å². The number of hydrogen-bond donors (Lipinski definition) is 1. The summed E-state index contributed by atoms with van der Waals surface area (Å²) < 4.78 is 5.38. The molecular weight excluding hydrogens is 290 g/mol. The molecule has 1 aliphatic rings. The third-order valence-electron chi connectivity index (χ3n) is 4.65. The SMILES string of the molecule is Cc1nc(CN2CCC(Cc3nc(C(C)C)no3)CC2)c(C)[nH]1. The van der Waals surface area contributed by atoms with E-state index in [0.717, 1.165) is 43.6 Å². The molecule has 1 N–H and O–H groups in total. The summed E-state index contributed by atoms with van der Waals surface area (Å²) in [6, 6.07) is 0. The lowest BCUT2D eigenvalue weighted by atomic mass is 9.93. The molecule has 0 aromatic carbocycles. The lowest BCUT2D eigenvalue weighted by Crippen LogP contribution is -2.34. The van der Waals surface area contributed by atoms with Crippen LogP contribution in [0, 0.1) is 19.8 Å². The van der Waals surface area contributed by atoms with Gasteiger partial charge in [0.25, 0.3) is 0 Å². The van der Waals surface area contributed by atoms with Crippen molar-refractivity contribution in [2.45, 2.75) is 59.4 Å². The van der Waals surface area contributed by atoms with Gasteiger partial charge in [-0.25, -0.2) is 4.98 Å². The third kappa shape index (κ3) is 3.99. The Morgan fingerprint density at radius 3 is 2.52 bits per heavy atom. The monoisotopic (exact) mass is 317 g/mol. The van der Waals surface area contributed by atoms with Gasteiger partial charge in [-0.1, -0.05) is 19.0 Å². The van der Waals surface area contributed by atoms with E-state index >= 15 is 0 Å². The van der Waals surface area contributed by atoms with Crippen molar-refractivity contribution in [1.82, 2.24) is 25.0 Å². The summed E-state index contributed by atoms with van der Waals surface area (Å²) in [6.45, 7) is 11.5. The van der Waals surface area contributed by atoms with Crippen molar-refractivity contribution in [3.63, 3.8) is 0 Å². The van der Waals surface area contributed by atoms with E-state index in [1.54, 1.807) is 0 Å². The van der Waals surface area contributed by atoms with Gasteiger partial charge in [0.2, 0.25) is 5.89 Å². The summed E-state index contributed by atoms with van der Waals surface area (Å²) in [5.74, 6) is 3.60. The summed E-state index contributed by atoms with van der Waals surface area (Å²) in [5.41, 5.74) is 2.37. The average molecular weight is 317 g/mol. The quantitative estimate of drug-likeness (QED) is 0.918. The smallest absolute Gasteiger partial charge is 0.226 e. The number of aromatic nitrogens is 4. The minimum atomic E-state index is 0.329. The van der Waals surface area contributed by atoms with E-state index in [9.17, 15) is 0 Å². The maximum atomic E-state index is 5.38. The van der Waals surface area contributed by atoms with Crippen molar-refractivity contribution in [2.75, 3.05) is 13.1 Å². The van der Waals surface area contributed by atoms with Crippen LogP contribution >= 0.6 is 0 Å². The zero-order chi connectivity index (χ0) is 16.4. The standard InChI is InChI=1S/C17H27N5O/c1-11(2)17-20-16(23-21-17)9-14-5-7-22(8-6-14)10-15-12(3)18-13(4)19-15/h11,14H,5-10H2,1-4H3,(H,18,19). The summed E-state index contributed by atoms with van der Waals surface area (Å²) in [7, 11) is 0. The van der Waals surface area contributed by atoms with Crippen molar-refractivity contribution < 1.29 is 4.52 Å². The van der Waals surface area contributed by atoms with Crippen LogP contribution in [-0.4, -0.2) is 38.1 Å². The number of aromatic amines is 1. The van der Waals surface area contributed by atoms with Crippen LogP contribution in [0.5, 0.6) is 0 Å². The predicted molar refractivity (Wildman–Crippen MR) is 88.2 cm³/mol. The Hall–Kier alpha value is -1.69. The Morgan fingerprint density at radius 1 is 1.22 bits per heavy atom. The largest absolute Gasteiger partial charge is 0.346 e. The van der Waals surface area contributed by atoms with Crippen molar-refractivity contribution in [3.05, 3.63) is 28.9 Å².